The van der Waals surface area contributed by atoms with Crippen LogP contribution in [0.5, 0.6) is 0 Å². The van der Waals surface area contributed by atoms with Crippen LogP contribution in [0.25, 0.3) is 0 Å². The standard InChI is InChI=1S/C12H23N4.CH4/c1-16(2,3)8-4-7-15-12-6-5-10(13)9-11(12)14;/h5-6,9,15H,4,7-8,13-14H2,1-3H3;1H4/q+1;. The van der Waals surface area contributed by atoms with Crippen LogP contribution in [0.15, 0.2) is 18.2 Å². The Bertz CT molecular complexity index is 342. The zero-order valence-corrected chi connectivity index (χ0v) is 10.5. The smallest absolute Gasteiger partial charge is 0.0797 e. The number of nitrogen functional groups attached to an aromatic ring is 2. The van der Waals surface area contributed by atoms with Gasteiger partial charge < -0.3 is 21.3 Å². The number of quaternary nitrogens is 1. The van der Waals surface area contributed by atoms with Crippen molar-refractivity contribution in [2.75, 3.05) is 51.0 Å². The highest BCUT2D eigenvalue weighted by Gasteiger charge is 2.05. The number of hydrogen-bond donors (Lipinski definition) is 3. The molecule has 0 aliphatic carbocycles. The first-order valence-electron chi connectivity index (χ1n) is 5.58. The zero-order valence-electron chi connectivity index (χ0n) is 10.5. The first-order valence-corrected chi connectivity index (χ1v) is 5.58. The lowest BCUT2D eigenvalue weighted by atomic mass is 10.2. The fourth-order valence-electron chi connectivity index (χ4n) is 1.52. The molecule has 5 N–H and O–H groups in total. The van der Waals surface area contributed by atoms with Crippen molar-refractivity contribution in [2.45, 2.75) is 13.8 Å². The van der Waals surface area contributed by atoms with Gasteiger partial charge in [0.1, 0.15) is 0 Å². The van der Waals surface area contributed by atoms with Crippen LogP contribution < -0.4 is 16.8 Å². The van der Waals surface area contributed by atoms with Gasteiger partial charge in [0.2, 0.25) is 0 Å². The van der Waals surface area contributed by atoms with Gasteiger partial charge in [0, 0.05) is 18.7 Å². The summed E-state index contributed by atoms with van der Waals surface area (Å²) in [5.74, 6) is 0. The van der Waals surface area contributed by atoms with E-state index in [1.165, 1.54) is 0 Å². The summed E-state index contributed by atoms with van der Waals surface area (Å²) < 4.78 is 0.985. The fraction of sp³-hybridized carbons (Fsp3) is 0.538. The van der Waals surface area contributed by atoms with Crippen molar-refractivity contribution in [3.05, 3.63) is 18.2 Å². The largest absolute Gasteiger partial charge is 0.399 e. The Morgan fingerprint density at radius 1 is 1.18 bits per heavy atom. The monoisotopic (exact) mass is 239 g/mol. The van der Waals surface area contributed by atoms with E-state index in [1.54, 1.807) is 6.07 Å². The fourth-order valence-corrected chi connectivity index (χ4v) is 1.52. The second-order valence-electron chi connectivity index (χ2n) is 5.14. The molecule has 0 amide bonds. The van der Waals surface area contributed by atoms with Crippen LogP contribution in [-0.2, 0) is 0 Å². The van der Waals surface area contributed by atoms with Gasteiger partial charge in [-0.15, -0.1) is 0 Å². The molecule has 0 radical (unpaired) electrons. The molecule has 1 aromatic rings. The topological polar surface area (TPSA) is 64.1 Å². The number of nitrogens with zero attached hydrogens (tertiary/aromatic N) is 1. The second kappa shape index (κ2) is 6.35. The molecule has 0 saturated carbocycles. The van der Waals surface area contributed by atoms with E-state index in [9.17, 15) is 0 Å². The van der Waals surface area contributed by atoms with Crippen LogP contribution >= 0.6 is 0 Å². The maximum absolute atomic E-state index is 5.84. The van der Waals surface area contributed by atoms with E-state index >= 15 is 0 Å². The highest BCUT2D eigenvalue weighted by molar-refractivity contribution is 5.70. The van der Waals surface area contributed by atoms with Gasteiger partial charge >= 0.3 is 0 Å². The zero-order chi connectivity index (χ0) is 12.2. The minimum Gasteiger partial charge on any atom is -0.399 e. The molecule has 4 heteroatoms. The quantitative estimate of drug-likeness (QED) is 0.418. The SMILES string of the molecule is C.C[N+](C)(C)CCCNc1ccc(N)cc1N. The Kier molecular flexibility index (Phi) is 5.82. The molecule has 0 fully saturated rings. The highest BCUT2D eigenvalue weighted by Crippen LogP contribution is 2.20. The molecule has 0 aliphatic rings. The molecular weight excluding hydrogens is 212 g/mol. The van der Waals surface area contributed by atoms with Crippen LogP contribution in [0.4, 0.5) is 17.1 Å². The number of nitrogens with two attached hydrogens (primary N) is 2. The predicted octanol–water partition coefficient (Wildman–Crippen LogP) is 2.00. The molecule has 0 unspecified atom stereocenters. The summed E-state index contributed by atoms with van der Waals surface area (Å²) in [5, 5.41) is 3.32. The third kappa shape index (κ3) is 6.02. The molecule has 4 nitrogen and oxygen atoms in total. The van der Waals surface area contributed by atoms with Gasteiger partial charge in [0.15, 0.2) is 0 Å². The molecule has 0 saturated heterocycles. The summed E-state index contributed by atoms with van der Waals surface area (Å²) in [6.45, 7) is 2.07. The van der Waals surface area contributed by atoms with E-state index in [1.807, 2.05) is 12.1 Å². The number of anilines is 3. The molecule has 0 bridgehead atoms. The molecule has 0 atom stereocenters. The third-order valence-corrected chi connectivity index (χ3v) is 2.40. The molecule has 98 valence electrons. The van der Waals surface area contributed by atoms with Gasteiger partial charge in [-0.25, -0.2) is 0 Å². The third-order valence-electron chi connectivity index (χ3n) is 2.40. The average molecular weight is 239 g/mol. The molecule has 0 heterocycles. The average Bonchev–Trinajstić information content (AvgIpc) is 2.13. The van der Waals surface area contributed by atoms with E-state index in [0.717, 1.165) is 29.7 Å². The lowest BCUT2D eigenvalue weighted by molar-refractivity contribution is -0.870. The van der Waals surface area contributed by atoms with E-state index in [2.05, 4.69) is 26.5 Å². The van der Waals surface area contributed by atoms with Crippen molar-refractivity contribution in [1.29, 1.82) is 0 Å². The van der Waals surface area contributed by atoms with Crippen LogP contribution in [0.3, 0.4) is 0 Å². The number of hydrogen-bond acceptors (Lipinski definition) is 3. The van der Waals surface area contributed by atoms with Gasteiger partial charge in [-0.05, 0) is 18.2 Å². The number of nitrogens with one attached hydrogen (secondary N) is 1. The molecule has 0 aliphatic heterocycles. The van der Waals surface area contributed by atoms with Crippen molar-refractivity contribution >= 4 is 17.1 Å². The first kappa shape index (κ1) is 15.6. The Morgan fingerprint density at radius 3 is 2.35 bits per heavy atom. The summed E-state index contributed by atoms with van der Waals surface area (Å²) in [6, 6.07) is 5.57. The lowest BCUT2D eigenvalue weighted by Gasteiger charge is -2.23. The van der Waals surface area contributed by atoms with Crippen molar-refractivity contribution in [2.24, 2.45) is 0 Å². The van der Waals surface area contributed by atoms with Gasteiger partial charge in [0.25, 0.3) is 0 Å². The minimum atomic E-state index is 0. The molecule has 0 aromatic heterocycles. The van der Waals surface area contributed by atoms with Crippen LogP contribution in [0.2, 0.25) is 0 Å². The summed E-state index contributed by atoms with van der Waals surface area (Å²) in [6.07, 6.45) is 1.12. The van der Waals surface area contributed by atoms with E-state index in [0.29, 0.717) is 11.4 Å². The van der Waals surface area contributed by atoms with Crippen molar-refractivity contribution in [1.82, 2.24) is 0 Å². The highest BCUT2D eigenvalue weighted by atomic mass is 15.3. The summed E-state index contributed by atoms with van der Waals surface area (Å²) in [4.78, 5) is 0. The normalized spacial score (nSPS) is 10.8. The molecule has 0 spiro atoms. The second-order valence-corrected chi connectivity index (χ2v) is 5.14. The van der Waals surface area contributed by atoms with E-state index < -0.39 is 0 Å². The van der Waals surface area contributed by atoms with Crippen LogP contribution in [-0.4, -0.2) is 38.7 Å². The maximum atomic E-state index is 5.84. The Morgan fingerprint density at radius 2 is 1.82 bits per heavy atom. The maximum Gasteiger partial charge on any atom is 0.0797 e. The first-order chi connectivity index (χ1) is 7.38. The Balaban J connectivity index is 0.00000256. The summed E-state index contributed by atoms with van der Waals surface area (Å²) in [7, 11) is 6.58. The molecular formula is C13H27N4+. The van der Waals surface area contributed by atoms with Gasteiger partial charge in [0.05, 0.1) is 39.1 Å². The van der Waals surface area contributed by atoms with Crippen LogP contribution in [0, 0.1) is 0 Å². The number of rotatable bonds is 5. The Hall–Kier alpha value is -1.42. The number of benzene rings is 1. The van der Waals surface area contributed by atoms with Gasteiger partial charge in [-0.3, -0.25) is 0 Å². The van der Waals surface area contributed by atoms with Gasteiger partial charge in [-0.1, -0.05) is 7.43 Å². The predicted molar refractivity (Wildman–Crippen MR) is 78.0 cm³/mol. The molecule has 1 rings (SSSR count). The molecule has 17 heavy (non-hydrogen) atoms. The van der Waals surface area contributed by atoms with E-state index in [4.69, 9.17) is 11.5 Å². The van der Waals surface area contributed by atoms with Gasteiger partial charge in [-0.2, -0.15) is 0 Å². The molecule has 1 aromatic carbocycles. The van der Waals surface area contributed by atoms with Crippen molar-refractivity contribution < 1.29 is 4.48 Å². The van der Waals surface area contributed by atoms with E-state index in [-0.39, 0.29) is 7.43 Å². The minimum absolute atomic E-state index is 0. The Labute approximate surface area is 105 Å². The summed E-state index contributed by atoms with van der Waals surface area (Å²) >= 11 is 0. The van der Waals surface area contributed by atoms with Crippen molar-refractivity contribution in [3.63, 3.8) is 0 Å². The van der Waals surface area contributed by atoms with Crippen LogP contribution in [0.1, 0.15) is 13.8 Å². The summed E-state index contributed by atoms with van der Waals surface area (Å²) in [5.41, 5.74) is 13.9. The van der Waals surface area contributed by atoms with Crippen molar-refractivity contribution in [3.8, 4) is 0 Å². The lowest BCUT2D eigenvalue weighted by Crippen LogP contribution is -2.36.